The maximum absolute atomic E-state index is 11.8. The summed E-state index contributed by atoms with van der Waals surface area (Å²) in [6, 6.07) is 1.66. The quantitative estimate of drug-likeness (QED) is 0.785. The molecular weight excluding hydrogens is 264 g/mol. The number of H-pyrrole nitrogens is 1. The molecule has 1 aliphatic carbocycles. The van der Waals surface area contributed by atoms with E-state index < -0.39 is 0 Å². The Bertz CT molecular complexity index is 523. The Morgan fingerprint density at radius 3 is 3.05 bits per heavy atom. The molecule has 1 unspecified atom stereocenters. The molecule has 1 saturated carbocycles. The number of nitrogens with one attached hydrogen (secondary N) is 2. The van der Waals surface area contributed by atoms with E-state index in [4.69, 9.17) is 4.98 Å². The van der Waals surface area contributed by atoms with Gasteiger partial charge in [-0.05, 0) is 51.1 Å². The van der Waals surface area contributed by atoms with E-state index in [9.17, 15) is 4.79 Å². The van der Waals surface area contributed by atoms with Crippen molar-refractivity contribution in [3.05, 3.63) is 22.2 Å². The number of hydrogen-bond donors (Lipinski definition) is 2. The number of rotatable bonds is 6. The lowest BCUT2D eigenvalue weighted by Gasteiger charge is -2.33. The van der Waals surface area contributed by atoms with Gasteiger partial charge in [-0.25, -0.2) is 4.98 Å². The van der Waals surface area contributed by atoms with Gasteiger partial charge in [0, 0.05) is 25.1 Å². The largest absolute Gasteiger partial charge is 0.356 e. The van der Waals surface area contributed by atoms with Crippen LogP contribution in [0.5, 0.6) is 0 Å². The van der Waals surface area contributed by atoms with Crippen LogP contribution in [0.25, 0.3) is 0 Å². The first-order chi connectivity index (χ1) is 10.3. The SMILES string of the molecule is CCCNCC1CCCN(c2cc(=O)[nH]c(C3CC3)n2)C1. The molecule has 0 amide bonds. The number of aromatic amines is 1. The van der Waals surface area contributed by atoms with Crippen LogP contribution in [0, 0.1) is 5.92 Å². The molecule has 2 aliphatic rings. The second-order valence-corrected chi connectivity index (χ2v) is 6.42. The minimum absolute atomic E-state index is 0.00636. The standard InChI is InChI=1S/C16H26N4O/c1-2-7-17-10-12-4-3-8-20(11-12)14-9-15(21)19-16(18-14)13-5-6-13/h9,12-13,17H,2-8,10-11H2,1H3,(H,18,19,21). The first-order valence-corrected chi connectivity index (χ1v) is 8.33. The Labute approximate surface area is 126 Å². The molecule has 0 radical (unpaired) electrons. The summed E-state index contributed by atoms with van der Waals surface area (Å²) in [7, 11) is 0. The van der Waals surface area contributed by atoms with Gasteiger partial charge in [-0.3, -0.25) is 4.79 Å². The summed E-state index contributed by atoms with van der Waals surface area (Å²) < 4.78 is 0. The molecule has 116 valence electrons. The fraction of sp³-hybridized carbons (Fsp3) is 0.750. The molecule has 0 aromatic carbocycles. The smallest absolute Gasteiger partial charge is 0.252 e. The van der Waals surface area contributed by atoms with Gasteiger partial charge in [0.15, 0.2) is 0 Å². The van der Waals surface area contributed by atoms with E-state index in [-0.39, 0.29) is 5.56 Å². The summed E-state index contributed by atoms with van der Waals surface area (Å²) in [5.74, 6) is 2.92. The van der Waals surface area contributed by atoms with E-state index in [2.05, 4.69) is 22.1 Å². The Balaban J connectivity index is 1.66. The number of aromatic nitrogens is 2. The molecule has 1 aliphatic heterocycles. The summed E-state index contributed by atoms with van der Waals surface area (Å²) in [6.07, 6.45) is 5.96. The monoisotopic (exact) mass is 290 g/mol. The first kappa shape index (κ1) is 14.6. The van der Waals surface area contributed by atoms with E-state index >= 15 is 0 Å². The highest BCUT2D eigenvalue weighted by Gasteiger charge is 2.28. The van der Waals surface area contributed by atoms with Crippen LogP contribution in [0.3, 0.4) is 0 Å². The minimum atomic E-state index is -0.00636. The molecule has 1 aromatic heterocycles. The lowest BCUT2D eigenvalue weighted by Crippen LogP contribution is -2.40. The van der Waals surface area contributed by atoms with Crippen molar-refractivity contribution in [3.8, 4) is 0 Å². The van der Waals surface area contributed by atoms with Crippen LogP contribution < -0.4 is 15.8 Å². The summed E-state index contributed by atoms with van der Waals surface area (Å²) in [6.45, 7) is 6.39. The van der Waals surface area contributed by atoms with E-state index in [1.807, 2.05) is 0 Å². The Kier molecular flexibility index (Phi) is 4.58. The average molecular weight is 290 g/mol. The molecule has 1 aromatic rings. The summed E-state index contributed by atoms with van der Waals surface area (Å²) >= 11 is 0. The van der Waals surface area contributed by atoms with Gasteiger partial charge in [0.2, 0.25) is 0 Å². The van der Waals surface area contributed by atoms with Crippen LogP contribution in [0.15, 0.2) is 10.9 Å². The fourth-order valence-electron chi connectivity index (χ4n) is 3.10. The van der Waals surface area contributed by atoms with Crippen molar-refractivity contribution in [2.24, 2.45) is 5.92 Å². The van der Waals surface area contributed by atoms with Crippen LogP contribution in [0.2, 0.25) is 0 Å². The molecule has 5 heteroatoms. The van der Waals surface area contributed by atoms with Crippen molar-refractivity contribution < 1.29 is 0 Å². The normalized spacial score (nSPS) is 22.5. The van der Waals surface area contributed by atoms with Crippen LogP contribution in [-0.4, -0.2) is 36.1 Å². The first-order valence-electron chi connectivity index (χ1n) is 8.33. The van der Waals surface area contributed by atoms with Gasteiger partial charge < -0.3 is 15.2 Å². The topological polar surface area (TPSA) is 61.0 Å². The van der Waals surface area contributed by atoms with Gasteiger partial charge in [-0.1, -0.05) is 6.92 Å². The average Bonchev–Trinajstić information content (AvgIpc) is 3.32. The Morgan fingerprint density at radius 2 is 2.29 bits per heavy atom. The summed E-state index contributed by atoms with van der Waals surface area (Å²) in [5.41, 5.74) is -0.00636. The number of piperidine rings is 1. The maximum Gasteiger partial charge on any atom is 0.252 e. The number of nitrogens with zero attached hydrogens (tertiary/aromatic N) is 2. The highest BCUT2D eigenvalue weighted by molar-refractivity contribution is 5.38. The summed E-state index contributed by atoms with van der Waals surface area (Å²) in [4.78, 5) is 21.7. The van der Waals surface area contributed by atoms with Crippen LogP contribution in [0.4, 0.5) is 5.82 Å². The van der Waals surface area contributed by atoms with Crippen molar-refractivity contribution in [1.82, 2.24) is 15.3 Å². The third-order valence-corrected chi connectivity index (χ3v) is 4.41. The van der Waals surface area contributed by atoms with Crippen LogP contribution in [-0.2, 0) is 0 Å². The van der Waals surface area contributed by atoms with Crippen molar-refractivity contribution in [1.29, 1.82) is 0 Å². The molecule has 2 fully saturated rings. The van der Waals surface area contributed by atoms with Gasteiger partial charge in [-0.15, -0.1) is 0 Å². The van der Waals surface area contributed by atoms with Crippen molar-refractivity contribution in [3.63, 3.8) is 0 Å². The molecule has 0 bridgehead atoms. The lowest BCUT2D eigenvalue weighted by molar-refractivity contribution is 0.391. The highest BCUT2D eigenvalue weighted by Crippen LogP contribution is 2.38. The second kappa shape index (κ2) is 6.60. The molecule has 3 rings (SSSR count). The summed E-state index contributed by atoms with van der Waals surface area (Å²) in [5, 5.41) is 3.51. The van der Waals surface area contributed by atoms with Gasteiger partial charge >= 0.3 is 0 Å². The Hall–Kier alpha value is -1.36. The molecule has 2 heterocycles. The predicted molar refractivity (Wildman–Crippen MR) is 84.9 cm³/mol. The fourth-order valence-corrected chi connectivity index (χ4v) is 3.10. The van der Waals surface area contributed by atoms with E-state index in [1.54, 1.807) is 6.07 Å². The molecular formula is C16H26N4O. The number of hydrogen-bond acceptors (Lipinski definition) is 4. The molecule has 1 saturated heterocycles. The van der Waals surface area contributed by atoms with Gasteiger partial charge in [-0.2, -0.15) is 0 Å². The zero-order valence-electron chi connectivity index (χ0n) is 12.9. The maximum atomic E-state index is 11.8. The van der Waals surface area contributed by atoms with Crippen molar-refractivity contribution >= 4 is 5.82 Å². The third kappa shape index (κ3) is 3.84. The van der Waals surface area contributed by atoms with Crippen molar-refractivity contribution in [2.75, 3.05) is 31.1 Å². The second-order valence-electron chi connectivity index (χ2n) is 6.42. The van der Waals surface area contributed by atoms with E-state index in [0.717, 1.165) is 50.7 Å². The highest BCUT2D eigenvalue weighted by atomic mass is 16.1. The molecule has 1 atom stereocenters. The van der Waals surface area contributed by atoms with Crippen LogP contribution in [0.1, 0.15) is 50.8 Å². The third-order valence-electron chi connectivity index (χ3n) is 4.41. The van der Waals surface area contributed by atoms with E-state index in [1.165, 1.54) is 19.3 Å². The molecule has 5 nitrogen and oxygen atoms in total. The predicted octanol–water partition coefficient (Wildman–Crippen LogP) is 1.86. The van der Waals surface area contributed by atoms with Crippen molar-refractivity contribution in [2.45, 2.75) is 44.9 Å². The molecule has 21 heavy (non-hydrogen) atoms. The molecule has 2 N–H and O–H groups in total. The lowest BCUT2D eigenvalue weighted by atomic mass is 9.98. The number of anilines is 1. The van der Waals surface area contributed by atoms with Gasteiger partial charge in [0.25, 0.3) is 5.56 Å². The Morgan fingerprint density at radius 1 is 1.43 bits per heavy atom. The van der Waals surface area contributed by atoms with Crippen LogP contribution >= 0.6 is 0 Å². The molecule has 0 spiro atoms. The zero-order valence-corrected chi connectivity index (χ0v) is 12.9. The minimum Gasteiger partial charge on any atom is -0.356 e. The van der Waals surface area contributed by atoms with E-state index in [0.29, 0.717) is 11.8 Å². The zero-order chi connectivity index (χ0) is 14.7. The van der Waals surface area contributed by atoms with Gasteiger partial charge in [0.1, 0.15) is 11.6 Å². The van der Waals surface area contributed by atoms with Gasteiger partial charge in [0.05, 0.1) is 0 Å².